The van der Waals surface area contributed by atoms with Gasteiger partial charge in [-0.3, -0.25) is 9.69 Å². The van der Waals surface area contributed by atoms with Gasteiger partial charge in [0.1, 0.15) is 11.5 Å². The number of nitrogens with zero attached hydrogens (tertiary/aromatic N) is 2. The summed E-state index contributed by atoms with van der Waals surface area (Å²) >= 11 is 0. The Morgan fingerprint density at radius 1 is 0.946 bits per heavy atom. The van der Waals surface area contributed by atoms with Crippen molar-refractivity contribution in [3.05, 3.63) is 83.9 Å². The van der Waals surface area contributed by atoms with E-state index in [0.717, 1.165) is 5.56 Å². The van der Waals surface area contributed by atoms with Crippen molar-refractivity contribution >= 4 is 23.3 Å². The van der Waals surface area contributed by atoms with E-state index in [1.54, 1.807) is 59.4 Å². The molecule has 3 aromatic carbocycles. The SMILES string of the molecule is COc1cccc(CC(=O)Nc2cccc(N3CCCN(Cc4cccc(OC(F)(F)F)c4)C3=O)c2)c1. The van der Waals surface area contributed by atoms with Crippen LogP contribution >= 0.6 is 0 Å². The number of ether oxygens (including phenoxy) is 2. The molecule has 0 atom stereocenters. The first kappa shape index (κ1) is 25.9. The van der Waals surface area contributed by atoms with Gasteiger partial charge in [0.25, 0.3) is 0 Å². The maximum Gasteiger partial charge on any atom is 0.573 e. The molecule has 10 heteroatoms. The Morgan fingerprint density at radius 2 is 1.65 bits per heavy atom. The second kappa shape index (κ2) is 11.2. The molecule has 0 saturated carbocycles. The standard InChI is InChI=1S/C27H26F3N3O4/c1-36-23-10-2-6-19(14-23)16-25(34)31-21-8-4-9-22(17-21)33-13-5-12-32(26(33)35)18-20-7-3-11-24(15-20)37-27(28,29)30/h2-4,6-11,14-15,17H,5,12-13,16,18H2,1H3,(H,31,34). The number of halogens is 3. The fourth-order valence-electron chi connectivity index (χ4n) is 4.15. The van der Waals surface area contributed by atoms with Crippen LogP contribution in [-0.2, 0) is 17.8 Å². The molecular weight excluding hydrogens is 487 g/mol. The second-order valence-electron chi connectivity index (χ2n) is 8.53. The van der Waals surface area contributed by atoms with Crippen LogP contribution < -0.4 is 19.7 Å². The summed E-state index contributed by atoms with van der Waals surface area (Å²) in [4.78, 5) is 29.0. The molecule has 1 aliphatic heterocycles. The van der Waals surface area contributed by atoms with Crippen LogP contribution in [0.25, 0.3) is 0 Å². The van der Waals surface area contributed by atoms with Crippen molar-refractivity contribution in [3.8, 4) is 11.5 Å². The monoisotopic (exact) mass is 513 g/mol. The lowest BCUT2D eigenvalue weighted by molar-refractivity contribution is -0.274. The quantitative estimate of drug-likeness (QED) is 0.425. The molecule has 1 fully saturated rings. The molecular formula is C27H26F3N3O4. The highest BCUT2D eigenvalue weighted by Crippen LogP contribution is 2.27. The fourth-order valence-corrected chi connectivity index (χ4v) is 4.15. The summed E-state index contributed by atoms with van der Waals surface area (Å²) in [6, 6.07) is 19.6. The number of carbonyl (C=O) groups is 2. The minimum atomic E-state index is -4.79. The number of methoxy groups -OCH3 is 1. The van der Waals surface area contributed by atoms with E-state index < -0.39 is 6.36 Å². The van der Waals surface area contributed by atoms with E-state index >= 15 is 0 Å². The molecule has 0 aliphatic carbocycles. The van der Waals surface area contributed by atoms with Crippen LogP contribution in [0, 0.1) is 0 Å². The Kier molecular flexibility index (Phi) is 7.86. The average molecular weight is 514 g/mol. The molecule has 3 amide bonds. The maximum absolute atomic E-state index is 13.2. The van der Waals surface area contributed by atoms with Gasteiger partial charge < -0.3 is 19.7 Å². The maximum atomic E-state index is 13.2. The van der Waals surface area contributed by atoms with Crippen LogP contribution in [0.1, 0.15) is 17.5 Å². The van der Waals surface area contributed by atoms with Crippen LogP contribution in [0.15, 0.2) is 72.8 Å². The number of benzene rings is 3. The van der Waals surface area contributed by atoms with Gasteiger partial charge in [-0.25, -0.2) is 4.79 Å². The second-order valence-corrected chi connectivity index (χ2v) is 8.53. The highest BCUT2D eigenvalue weighted by molar-refractivity contribution is 5.96. The molecule has 1 aliphatic rings. The molecule has 0 spiro atoms. The number of urea groups is 1. The van der Waals surface area contributed by atoms with E-state index in [1.807, 2.05) is 12.1 Å². The third-order valence-electron chi connectivity index (χ3n) is 5.76. The van der Waals surface area contributed by atoms with Gasteiger partial charge in [-0.1, -0.05) is 30.3 Å². The number of alkyl halides is 3. The van der Waals surface area contributed by atoms with Crippen LogP contribution in [-0.4, -0.2) is 43.4 Å². The lowest BCUT2D eigenvalue weighted by Gasteiger charge is -2.36. The van der Waals surface area contributed by atoms with E-state index in [9.17, 15) is 22.8 Å². The molecule has 1 saturated heterocycles. The van der Waals surface area contributed by atoms with Gasteiger partial charge in [0.15, 0.2) is 0 Å². The Balaban J connectivity index is 1.41. The molecule has 4 rings (SSSR count). The van der Waals surface area contributed by atoms with Crippen molar-refractivity contribution < 1.29 is 32.2 Å². The summed E-state index contributed by atoms with van der Waals surface area (Å²) in [5, 5.41) is 2.86. The van der Waals surface area contributed by atoms with Crippen LogP contribution in [0.2, 0.25) is 0 Å². The van der Waals surface area contributed by atoms with Crippen molar-refractivity contribution in [1.82, 2.24) is 4.90 Å². The van der Waals surface area contributed by atoms with Crippen molar-refractivity contribution in [2.45, 2.75) is 25.7 Å². The van der Waals surface area contributed by atoms with Crippen LogP contribution in [0.4, 0.5) is 29.3 Å². The summed E-state index contributed by atoms with van der Waals surface area (Å²) in [6.07, 6.45) is -3.95. The van der Waals surface area contributed by atoms with Gasteiger partial charge >= 0.3 is 12.4 Å². The van der Waals surface area contributed by atoms with Crippen molar-refractivity contribution in [2.75, 3.05) is 30.4 Å². The molecule has 0 unspecified atom stereocenters. The fraction of sp³-hybridized carbons (Fsp3) is 0.259. The van der Waals surface area contributed by atoms with Gasteiger partial charge in [-0.15, -0.1) is 13.2 Å². The Labute approximate surface area is 212 Å². The predicted octanol–water partition coefficient (Wildman–Crippen LogP) is 5.61. The van der Waals surface area contributed by atoms with E-state index in [1.165, 1.54) is 18.2 Å². The third-order valence-corrected chi connectivity index (χ3v) is 5.76. The number of hydrogen-bond donors (Lipinski definition) is 1. The summed E-state index contributed by atoms with van der Waals surface area (Å²) in [7, 11) is 1.56. The minimum absolute atomic E-state index is 0.140. The molecule has 3 aromatic rings. The van der Waals surface area contributed by atoms with Gasteiger partial charge in [-0.2, -0.15) is 0 Å². The zero-order valence-electron chi connectivity index (χ0n) is 20.1. The largest absolute Gasteiger partial charge is 0.573 e. The van der Waals surface area contributed by atoms with Gasteiger partial charge in [0.2, 0.25) is 5.91 Å². The van der Waals surface area contributed by atoms with E-state index in [-0.39, 0.29) is 30.7 Å². The first-order valence-corrected chi connectivity index (χ1v) is 11.6. The van der Waals surface area contributed by atoms with Crippen LogP contribution in [0.5, 0.6) is 11.5 Å². The molecule has 1 N–H and O–H groups in total. The van der Waals surface area contributed by atoms with Gasteiger partial charge in [0, 0.05) is 31.0 Å². The van der Waals surface area contributed by atoms with E-state index in [4.69, 9.17) is 4.74 Å². The Hall–Kier alpha value is -4.21. The first-order valence-electron chi connectivity index (χ1n) is 11.6. The summed E-state index contributed by atoms with van der Waals surface area (Å²) in [5.74, 6) is 0.127. The van der Waals surface area contributed by atoms with Crippen LogP contribution in [0.3, 0.4) is 0 Å². The summed E-state index contributed by atoms with van der Waals surface area (Å²) in [6.45, 7) is 1.09. The number of carbonyl (C=O) groups excluding carboxylic acids is 2. The van der Waals surface area contributed by atoms with E-state index in [2.05, 4.69) is 10.1 Å². The molecule has 194 valence electrons. The number of rotatable bonds is 8. The highest BCUT2D eigenvalue weighted by Gasteiger charge is 2.31. The number of anilines is 2. The first-order chi connectivity index (χ1) is 17.7. The third kappa shape index (κ3) is 7.16. The van der Waals surface area contributed by atoms with Crippen molar-refractivity contribution in [1.29, 1.82) is 0 Å². The molecule has 7 nitrogen and oxygen atoms in total. The van der Waals surface area contributed by atoms with Gasteiger partial charge in [-0.05, 0) is 60.0 Å². The molecule has 1 heterocycles. The summed E-state index contributed by atoms with van der Waals surface area (Å²) < 4.78 is 46.9. The molecule has 0 aromatic heterocycles. The summed E-state index contributed by atoms with van der Waals surface area (Å²) in [5.41, 5.74) is 2.49. The molecule has 0 bridgehead atoms. The number of amides is 3. The molecule has 0 radical (unpaired) electrons. The van der Waals surface area contributed by atoms with Gasteiger partial charge in [0.05, 0.1) is 13.5 Å². The lowest BCUT2D eigenvalue weighted by Crippen LogP contribution is -2.49. The Morgan fingerprint density at radius 3 is 2.41 bits per heavy atom. The average Bonchev–Trinajstić information content (AvgIpc) is 2.85. The number of nitrogens with one attached hydrogen (secondary N) is 1. The zero-order chi connectivity index (χ0) is 26.4. The smallest absolute Gasteiger partial charge is 0.497 e. The predicted molar refractivity (Wildman–Crippen MR) is 133 cm³/mol. The van der Waals surface area contributed by atoms with Crippen molar-refractivity contribution in [2.24, 2.45) is 0 Å². The van der Waals surface area contributed by atoms with Crippen molar-refractivity contribution in [3.63, 3.8) is 0 Å². The number of hydrogen-bond acceptors (Lipinski definition) is 4. The van der Waals surface area contributed by atoms with E-state index in [0.29, 0.717) is 42.2 Å². The Bertz CT molecular complexity index is 1270. The zero-order valence-corrected chi connectivity index (χ0v) is 20.1. The normalized spacial score (nSPS) is 13.9. The molecule has 37 heavy (non-hydrogen) atoms. The highest BCUT2D eigenvalue weighted by atomic mass is 19.4. The lowest BCUT2D eigenvalue weighted by atomic mass is 10.1. The minimum Gasteiger partial charge on any atom is -0.497 e. The topological polar surface area (TPSA) is 71.1 Å².